The van der Waals surface area contributed by atoms with Gasteiger partial charge in [-0.2, -0.15) is 0 Å². The molecule has 0 spiro atoms. The van der Waals surface area contributed by atoms with E-state index in [-0.39, 0.29) is 5.78 Å². The molecule has 0 radical (unpaired) electrons. The van der Waals surface area contributed by atoms with E-state index in [1.54, 1.807) is 18.2 Å². The first-order valence-corrected chi connectivity index (χ1v) is 6.73. The summed E-state index contributed by atoms with van der Waals surface area (Å²) in [5.41, 5.74) is 3.44. The van der Waals surface area contributed by atoms with Crippen LogP contribution in [-0.2, 0) is 0 Å². The van der Waals surface area contributed by atoms with Gasteiger partial charge in [0.2, 0.25) is 0 Å². The molecule has 2 rings (SSSR count). The zero-order valence-electron chi connectivity index (χ0n) is 10.1. The summed E-state index contributed by atoms with van der Waals surface area (Å²) in [7, 11) is 0. The minimum absolute atomic E-state index is 0.0218. The molecular weight excluding hydrogens is 312 g/mol. The van der Waals surface area contributed by atoms with Crippen LogP contribution in [0.3, 0.4) is 0 Å². The van der Waals surface area contributed by atoms with Gasteiger partial charge in [0, 0.05) is 15.6 Å². The smallest absolute Gasteiger partial charge is 0.193 e. The van der Waals surface area contributed by atoms with Crippen LogP contribution in [0.25, 0.3) is 0 Å². The molecule has 0 fully saturated rings. The van der Waals surface area contributed by atoms with Gasteiger partial charge in [0.15, 0.2) is 5.78 Å². The molecule has 0 aliphatic carbocycles. The van der Waals surface area contributed by atoms with Crippen LogP contribution < -0.4 is 0 Å². The van der Waals surface area contributed by atoms with Gasteiger partial charge >= 0.3 is 0 Å². The summed E-state index contributed by atoms with van der Waals surface area (Å²) in [6.45, 7) is 3.92. The van der Waals surface area contributed by atoms with Crippen molar-refractivity contribution in [2.75, 3.05) is 0 Å². The highest BCUT2D eigenvalue weighted by atomic mass is 79.9. The summed E-state index contributed by atoms with van der Waals surface area (Å²) < 4.78 is 0.736. The standard InChI is InChI=1S/C15H12BrClO/c1-9-3-4-10(2)12(7-9)15(18)11-5-6-14(17)13(16)8-11/h3-8H,1-2H3. The third-order valence-electron chi connectivity index (χ3n) is 2.82. The summed E-state index contributed by atoms with van der Waals surface area (Å²) >= 11 is 9.27. The van der Waals surface area contributed by atoms with Gasteiger partial charge in [-0.05, 0) is 59.6 Å². The van der Waals surface area contributed by atoms with Crippen LogP contribution in [0.1, 0.15) is 27.0 Å². The van der Waals surface area contributed by atoms with Crippen LogP contribution in [0.5, 0.6) is 0 Å². The van der Waals surface area contributed by atoms with E-state index in [0.29, 0.717) is 10.6 Å². The molecule has 0 aliphatic rings. The number of hydrogen-bond donors (Lipinski definition) is 0. The van der Waals surface area contributed by atoms with E-state index in [1.165, 1.54) is 0 Å². The molecule has 0 aliphatic heterocycles. The summed E-state index contributed by atoms with van der Waals surface area (Å²) in [5, 5.41) is 0.604. The van der Waals surface area contributed by atoms with Crippen molar-refractivity contribution in [3.63, 3.8) is 0 Å². The lowest BCUT2D eigenvalue weighted by Crippen LogP contribution is -2.04. The monoisotopic (exact) mass is 322 g/mol. The van der Waals surface area contributed by atoms with Crippen molar-refractivity contribution in [2.45, 2.75) is 13.8 Å². The second kappa shape index (κ2) is 5.25. The summed E-state index contributed by atoms with van der Waals surface area (Å²) in [5.74, 6) is 0.0218. The van der Waals surface area contributed by atoms with E-state index in [9.17, 15) is 4.79 Å². The fourth-order valence-corrected chi connectivity index (χ4v) is 2.27. The molecule has 0 unspecified atom stereocenters. The molecule has 0 bridgehead atoms. The minimum atomic E-state index is 0.0218. The summed E-state index contributed by atoms with van der Waals surface area (Å²) in [6.07, 6.45) is 0. The number of ketones is 1. The van der Waals surface area contributed by atoms with Crippen molar-refractivity contribution in [3.8, 4) is 0 Å². The van der Waals surface area contributed by atoms with Gasteiger partial charge in [-0.25, -0.2) is 0 Å². The Balaban J connectivity index is 2.47. The van der Waals surface area contributed by atoms with Gasteiger partial charge in [0.1, 0.15) is 0 Å². The zero-order valence-corrected chi connectivity index (χ0v) is 12.5. The van der Waals surface area contributed by atoms with E-state index in [0.717, 1.165) is 21.2 Å². The van der Waals surface area contributed by atoms with E-state index in [1.807, 2.05) is 32.0 Å². The molecule has 1 nitrogen and oxygen atoms in total. The Bertz CT molecular complexity index is 620. The topological polar surface area (TPSA) is 17.1 Å². The second-order valence-electron chi connectivity index (χ2n) is 4.28. The Hall–Kier alpha value is -1.12. The lowest BCUT2D eigenvalue weighted by Gasteiger charge is -2.07. The number of carbonyl (C=O) groups excluding carboxylic acids is 1. The molecule has 2 aromatic carbocycles. The van der Waals surface area contributed by atoms with Gasteiger partial charge in [-0.15, -0.1) is 0 Å². The molecule has 0 amide bonds. The molecule has 0 aromatic heterocycles. The van der Waals surface area contributed by atoms with Crippen LogP contribution in [0.2, 0.25) is 5.02 Å². The number of halogens is 2. The number of hydrogen-bond acceptors (Lipinski definition) is 1. The molecule has 0 saturated heterocycles. The fourth-order valence-electron chi connectivity index (χ4n) is 1.77. The SMILES string of the molecule is Cc1ccc(C)c(C(=O)c2ccc(Cl)c(Br)c2)c1. The van der Waals surface area contributed by atoms with Crippen LogP contribution in [0.4, 0.5) is 0 Å². The normalized spacial score (nSPS) is 10.4. The first-order valence-electron chi connectivity index (χ1n) is 5.56. The number of aryl methyl sites for hydroxylation is 2. The van der Waals surface area contributed by atoms with E-state index < -0.39 is 0 Å². The van der Waals surface area contributed by atoms with Gasteiger partial charge in [-0.1, -0.05) is 29.3 Å². The van der Waals surface area contributed by atoms with Gasteiger partial charge in [0.25, 0.3) is 0 Å². The Morgan fingerprint density at radius 3 is 2.50 bits per heavy atom. The number of carbonyl (C=O) groups is 1. The van der Waals surface area contributed by atoms with Crippen LogP contribution in [0, 0.1) is 13.8 Å². The van der Waals surface area contributed by atoms with Crippen molar-refractivity contribution in [1.82, 2.24) is 0 Å². The van der Waals surface area contributed by atoms with E-state index in [4.69, 9.17) is 11.6 Å². The number of benzene rings is 2. The molecular formula is C15H12BrClO. The lowest BCUT2D eigenvalue weighted by molar-refractivity contribution is 0.103. The first kappa shape index (κ1) is 13.3. The van der Waals surface area contributed by atoms with Crippen LogP contribution >= 0.6 is 27.5 Å². The minimum Gasteiger partial charge on any atom is -0.289 e. The molecule has 92 valence electrons. The molecule has 0 saturated carbocycles. The molecule has 0 atom stereocenters. The largest absolute Gasteiger partial charge is 0.289 e. The first-order chi connectivity index (χ1) is 8.49. The van der Waals surface area contributed by atoms with Crippen molar-refractivity contribution >= 4 is 33.3 Å². The quantitative estimate of drug-likeness (QED) is 0.715. The highest BCUT2D eigenvalue weighted by Gasteiger charge is 2.13. The van der Waals surface area contributed by atoms with Gasteiger partial charge < -0.3 is 0 Å². The Labute approximate surface area is 120 Å². The molecule has 0 N–H and O–H groups in total. The molecule has 2 aromatic rings. The Morgan fingerprint density at radius 2 is 1.83 bits per heavy atom. The maximum Gasteiger partial charge on any atom is 0.193 e. The summed E-state index contributed by atoms with van der Waals surface area (Å²) in [4.78, 5) is 12.4. The zero-order chi connectivity index (χ0) is 13.3. The Morgan fingerprint density at radius 1 is 1.11 bits per heavy atom. The third-order valence-corrected chi connectivity index (χ3v) is 4.03. The van der Waals surface area contributed by atoms with E-state index in [2.05, 4.69) is 15.9 Å². The van der Waals surface area contributed by atoms with Gasteiger partial charge in [-0.3, -0.25) is 4.79 Å². The molecule has 0 heterocycles. The second-order valence-corrected chi connectivity index (χ2v) is 5.54. The summed E-state index contributed by atoms with van der Waals surface area (Å²) in [6, 6.07) is 11.1. The maximum absolute atomic E-state index is 12.4. The Kier molecular flexibility index (Phi) is 3.88. The maximum atomic E-state index is 12.4. The number of rotatable bonds is 2. The lowest BCUT2D eigenvalue weighted by atomic mass is 9.97. The fraction of sp³-hybridized carbons (Fsp3) is 0.133. The van der Waals surface area contributed by atoms with Crippen molar-refractivity contribution in [3.05, 3.63) is 68.1 Å². The van der Waals surface area contributed by atoms with Crippen LogP contribution in [-0.4, -0.2) is 5.78 Å². The van der Waals surface area contributed by atoms with Crippen molar-refractivity contribution < 1.29 is 4.79 Å². The predicted molar refractivity (Wildman–Crippen MR) is 78.5 cm³/mol. The van der Waals surface area contributed by atoms with Gasteiger partial charge in [0.05, 0.1) is 5.02 Å². The average molecular weight is 324 g/mol. The third kappa shape index (κ3) is 2.65. The molecule has 3 heteroatoms. The molecule has 18 heavy (non-hydrogen) atoms. The van der Waals surface area contributed by atoms with Crippen LogP contribution in [0.15, 0.2) is 40.9 Å². The highest BCUT2D eigenvalue weighted by Crippen LogP contribution is 2.25. The average Bonchev–Trinajstić information content (AvgIpc) is 2.35. The highest BCUT2D eigenvalue weighted by molar-refractivity contribution is 9.10. The van der Waals surface area contributed by atoms with E-state index >= 15 is 0 Å². The van der Waals surface area contributed by atoms with Crippen molar-refractivity contribution in [2.24, 2.45) is 0 Å². The van der Waals surface area contributed by atoms with Crippen molar-refractivity contribution in [1.29, 1.82) is 0 Å². The predicted octanol–water partition coefficient (Wildman–Crippen LogP) is 4.95.